The number of nitrogens with zero attached hydrogens (tertiary/aromatic N) is 2. The van der Waals surface area contributed by atoms with Gasteiger partial charge in [0.15, 0.2) is 4.80 Å². The zero-order chi connectivity index (χ0) is 23.5. The Morgan fingerprint density at radius 1 is 0.735 bits per heavy atom. The normalized spacial score (nSPS) is 11.5. The monoisotopic (exact) mass is 464 g/mol. The van der Waals surface area contributed by atoms with Crippen LogP contribution in [0.1, 0.15) is 10.4 Å². The number of halogens is 1. The van der Waals surface area contributed by atoms with Gasteiger partial charge in [-0.3, -0.25) is 4.79 Å². The van der Waals surface area contributed by atoms with E-state index in [2.05, 4.69) is 41.4 Å². The van der Waals surface area contributed by atoms with Gasteiger partial charge in [-0.2, -0.15) is 4.99 Å². The second-order valence-electron chi connectivity index (χ2n) is 7.86. The molecule has 0 radical (unpaired) electrons. The highest BCUT2D eigenvalue weighted by molar-refractivity contribution is 7.13. The summed E-state index contributed by atoms with van der Waals surface area (Å²) in [4.78, 5) is 18.7. The van der Waals surface area contributed by atoms with Crippen LogP contribution in [0, 0.1) is 5.82 Å². The first-order chi connectivity index (χ1) is 16.6. The van der Waals surface area contributed by atoms with E-state index in [-0.39, 0.29) is 5.56 Å². The molecule has 5 aromatic rings. The highest BCUT2D eigenvalue weighted by atomic mass is 32.1. The fourth-order valence-corrected chi connectivity index (χ4v) is 5.03. The van der Waals surface area contributed by atoms with Gasteiger partial charge >= 0.3 is 0 Å². The summed E-state index contributed by atoms with van der Waals surface area (Å²) in [6.07, 6.45) is 0. The summed E-state index contributed by atoms with van der Waals surface area (Å²) >= 11 is 1.44. The zero-order valence-corrected chi connectivity index (χ0v) is 19.3. The Kier molecular flexibility index (Phi) is 6.02. The molecule has 0 atom stereocenters. The van der Waals surface area contributed by atoms with Crippen LogP contribution in [-0.4, -0.2) is 10.5 Å². The molecule has 1 amide bonds. The molecular weight excluding hydrogens is 443 g/mol. The molecule has 4 aromatic carbocycles. The lowest BCUT2D eigenvalue weighted by Gasteiger charge is -2.09. The summed E-state index contributed by atoms with van der Waals surface area (Å²) in [5.41, 5.74) is 5.56. The largest absolute Gasteiger partial charge is 0.319 e. The van der Waals surface area contributed by atoms with Gasteiger partial charge in [0.05, 0.1) is 10.6 Å². The third-order valence-corrected chi connectivity index (χ3v) is 6.78. The van der Waals surface area contributed by atoms with Gasteiger partial charge in [0.2, 0.25) is 0 Å². The predicted octanol–water partition coefficient (Wildman–Crippen LogP) is 6.97. The standard InChI is InChI=1S/C29H21FN2OS/c1-32-26(22-17-15-21(16-18-22)20-9-4-2-5-10-20)27(23-11-6-3-7-12-23)34-29(32)31-28(33)24-13-8-14-25(30)19-24/h2-19H,1H3. The molecule has 5 rings (SSSR count). The van der Waals surface area contributed by atoms with Gasteiger partial charge in [0.1, 0.15) is 5.82 Å². The van der Waals surface area contributed by atoms with Gasteiger partial charge in [-0.05, 0) is 40.5 Å². The van der Waals surface area contributed by atoms with E-state index in [1.807, 2.05) is 60.1 Å². The molecule has 1 heterocycles. The van der Waals surface area contributed by atoms with Gasteiger partial charge in [-0.25, -0.2) is 4.39 Å². The second kappa shape index (κ2) is 9.41. The van der Waals surface area contributed by atoms with Crippen LogP contribution in [0.2, 0.25) is 0 Å². The quantitative estimate of drug-likeness (QED) is 0.283. The molecule has 0 saturated carbocycles. The molecule has 0 saturated heterocycles. The SMILES string of the molecule is Cn1c(-c2ccc(-c3ccccc3)cc2)c(-c2ccccc2)sc1=NC(=O)c1cccc(F)c1. The lowest BCUT2D eigenvalue weighted by atomic mass is 10.0. The molecule has 0 fully saturated rings. The maximum Gasteiger partial charge on any atom is 0.279 e. The number of amides is 1. The van der Waals surface area contributed by atoms with Crippen LogP contribution in [0.15, 0.2) is 114 Å². The number of carbonyl (C=O) groups is 1. The van der Waals surface area contributed by atoms with Crippen molar-refractivity contribution in [3.63, 3.8) is 0 Å². The summed E-state index contributed by atoms with van der Waals surface area (Å²) in [7, 11) is 1.90. The predicted molar refractivity (Wildman–Crippen MR) is 136 cm³/mol. The van der Waals surface area contributed by atoms with E-state index in [0.29, 0.717) is 4.80 Å². The van der Waals surface area contributed by atoms with Crippen LogP contribution in [0.4, 0.5) is 4.39 Å². The Morgan fingerprint density at radius 3 is 1.97 bits per heavy atom. The molecule has 0 spiro atoms. The van der Waals surface area contributed by atoms with Crippen molar-refractivity contribution in [3.05, 3.63) is 125 Å². The van der Waals surface area contributed by atoms with Crippen molar-refractivity contribution in [2.75, 3.05) is 0 Å². The number of carbonyl (C=O) groups excluding carboxylic acids is 1. The van der Waals surface area contributed by atoms with Crippen LogP contribution < -0.4 is 4.80 Å². The van der Waals surface area contributed by atoms with Crippen LogP contribution in [0.25, 0.3) is 32.8 Å². The summed E-state index contributed by atoms with van der Waals surface area (Å²) in [5.74, 6) is -0.928. The Balaban J connectivity index is 1.63. The van der Waals surface area contributed by atoms with Gasteiger partial charge in [0, 0.05) is 12.6 Å². The average molecular weight is 465 g/mol. The van der Waals surface area contributed by atoms with E-state index >= 15 is 0 Å². The number of thiazole rings is 1. The molecule has 0 aliphatic carbocycles. The maximum atomic E-state index is 13.6. The minimum Gasteiger partial charge on any atom is -0.319 e. The first-order valence-corrected chi connectivity index (χ1v) is 11.7. The minimum atomic E-state index is -0.470. The maximum absolute atomic E-state index is 13.6. The lowest BCUT2D eigenvalue weighted by molar-refractivity contribution is 0.0997. The van der Waals surface area contributed by atoms with Crippen LogP contribution in [0.5, 0.6) is 0 Å². The second-order valence-corrected chi connectivity index (χ2v) is 8.84. The number of aromatic nitrogens is 1. The summed E-state index contributed by atoms with van der Waals surface area (Å²) in [5, 5.41) is 0. The minimum absolute atomic E-state index is 0.225. The van der Waals surface area contributed by atoms with Crippen molar-refractivity contribution in [1.29, 1.82) is 0 Å². The van der Waals surface area contributed by atoms with Crippen molar-refractivity contribution in [3.8, 4) is 32.8 Å². The molecule has 0 aliphatic rings. The fraction of sp³-hybridized carbons (Fsp3) is 0.0345. The molecule has 3 nitrogen and oxygen atoms in total. The molecule has 34 heavy (non-hydrogen) atoms. The Hall–Kier alpha value is -4.09. The number of hydrogen-bond acceptors (Lipinski definition) is 2. The van der Waals surface area contributed by atoms with Gasteiger partial charge < -0.3 is 4.57 Å². The number of hydrogen-bond donors (Lipinski definition) is 0. The van der Waals surface area contributed by atoms with Crippen LogP contribution in [0.3, 0.4) is 0 Å². The smallest absolute Gasteiger partial charge is 0.279 e. The van der Waals surface area contributed by atoms with Gasteiger partial charge in [0.25, 0.3) is 5.91 Å². The molecular formula is C29H21FN2OS. The zero-order valence-electron chi connectivity index (χ0n) is 18.5. The van der Waals surface area contributed by atoms with Crippen molar-refractivity contribution in [1.82, 2.24) is 4.57 Å². The molecule has 1 aromatic heterocycles. The van der Waals surface area contributed by atoms with Crippen molar-refractivity contribution in [2.24, 2.45) is 12.0 Å². The van der Waals surface area contributed by atoms with E-state index in [1.54, 1.807) is 6.07 Å². The molecule has 0 bridgehead atoms. The van der Waals surface area contributed by atoms with Crippen LogP contribution in [-0.2, 0) is 7.05 Å². The van der Waals surface area contributed by atoms with Crippen LogP contribution >= 0.6 is 11.3 Å². The highest BCUT2D eigenvalue weighted by Gasteiger charge is 2.16. The summed E-state index contributed by atoms with van der Waals surface area (Å²) in [6.45, 7) is 0. The highest BCUT2D eigenvalue weighted by Crippen LogP contribution is 2.35. The Morgan fingerprint density at radius 2 is 1.32 bits per heavy atom. The van der Waals surface area contributed by atoms with E-state index in [4.69, 9.17) is 0 Å². The van der Waals surface area contributed by atoms with E-state index < -0.39 is 11.7 Å². The lowest BCUT2D eigenvalue weighted by Crippen LogP contribution is -2.14. The average Bonchev–Trinajstić information content (AvgIpc) is 3.21. The van der Waals surface area contributed by atoms with Gasteiger partial charge in [-0.1, -0.05) is 102 Å². The van der Waals surface area contributed by atoms with Crippen molar-refractivity contribution < 1.29 is 9.18 Å². The Bertz CT molecular complexity index is 1520. The topological polar surface area (TPSA) is 34.4 Å². The molecule has 5 heteroatoms. The summed E-state index contributed by atoms with van der Waals surface area (Å²) < 4.78 is 15.5. The third-order valence-electron chi connectivity index (χ3n) is 5.60. The molecule has 0 unspecified atom stereocenters. The van der Waals surface area contributed by atoms with Crippen molar-refractivity contribution >= 4 is 17.2 Å². The van der Waals surface area contributed by atoms with Gasteiger partial charge in [-0.15, -0.1) is 0 Å². The first-order valence-electron chi connectivity index (χ1n) is 10.9. The molecule has 166 valence electrons. The van der Waals surface area contributed by atoms with E-state index in [9.17, 15) is 9.18 Å². The van der Waals surface area contributed by atoms with E-state index in [0.717, 1.165) is 32.8 Å². The van der Waals surface area contributed by atoms with Crippen molar-refractivity contribution in [2.45, 2.75) is 0 Å². The molecule has 0 N–H and O–H groups in total. The first kappa shape index (κ1) is 21.7. The Labute approximate surface area is 201 Å². The molecule has 0 aliphatic heterocycles. The number of benzene rings is 4. The third kappa shape index (κ3) is 4.38. The van der Waals surface area contributed by atoms with E-state index in [1.165, 1.54) is 29.5 Å². The fourth-order valence-electron chi connectivity index (χ4n) is 3.89. The summed E-state index contributed by atoms with van der Waals surface area (Å²) in [6, 6.07) is 34.3. The number of rotatable bonds is 4.